The number of nitrogens with one attached hydrogen (secondary N) is 2. The van der Waals surface area contributed by atoms with E-state index >= 15 is 0 Å². The lowest BCUT2D eigenvalue weighted by molar-refractivity contribution is 0.188. The maximum atomic E-state index is 9.66. The van der Waals surface area contributed by atoms with E-state index in [0.717, 1.165) is 47.2 Å². The maximum Gasteiger partial charge on any atom is 0.326 e. The predicted molar refractivity (Wildman–Crippen MR) is 131 cm³/mol. The molecule has 1 aromatic carbocycles. The Morgan fingerprint density at radius 2 is 2.06 bits per heavy atom. The summed E-state index contributed by atoms with van der Waals surface area (Å²) in [5.41, 5.74) is 8.75. The number of benzene rings is 1. The highest BCUT2D eigenvalue weighted by Gasteiger charge is 2.44. The van der Waals surface area contributed by atoms with E-state index in [-0.39, 0.29) is 12.1 Å². The van der Waals surface area contributed by atoms with Crippen LogP contribution >= 0.6 is 11.6 Å². The number of anilines is 2. The van der Waals surface area contributed by atoms with Crippen LogP contribution in [0.5, 0.6) is 11.8 Å². The van der Waals surface area contributed by atoms with Crippen LogP contribution in [0.2, 0.25) is 5.02 Å². The molecule has 176 valence electrons. The molecule has 4 aromatic rings. The number of aromatic nitrogens is 5. The van der Waals surface area contributed by atoms with Crippen molar-refractivity contribution < 1.29 is 9.84 Å². The van der Waals surface area contributed by atoms with Crippen LogP contribution in [0.25, 0.3) is 21.9 Å². The molecule has 1 saturated heterocycles. The van der Waals surface area contributed by atoms with Crippen LogP contribution < -0.4 is 20.7 Å². The minimum Gasteiger partial charge on any atom is -0.421 e. The molecule has 1 saturated carbocycles. The van der Waals surface area contributed by atoms with Gasteiger partial charge in [-0.1, -0.05) is 11.6 Å². The van der Waals surface area contributed by atoms with Gasteiger partial charge in [0, 0.05) is 36.1 Å². The number of piperidine rings is 1. The van der Waals surface area contributed by atoms with Gasteiger partial charge in [0.2, 0.25) is 0 Å². The van der Waals surface area contributed by atoms with Crippen molar-refractivity contribution in [1.29, 1.82) is 0 Å². The van der Waals surface area contributed by atoms with Crippen molar-refractivity contribution in [2.24, 2.45) is 11.7 Å². The number of nitrogens with zero attached hydrogens (tertiary/aromatic N) is 5. The molecule has 34 heavy (non-hydrogen) atoms. The number of aliphatic hydroxyl groups excluding tert-OH is 1. The van der Waals surface area contributed by atoms with Crippen molar-refractivity contribution >= 4 is 45.0 Å². The van der Waals surface area contributed by atoms with Crippen molar-refractivity contribution in [3.8, 4) is 11.8 Å². The summed E-state index contributed by atoms with van der Waals surface area (Å²) in [4.78, 5) is 23.6. The third-order valence-corrected chi connectivity index (χ3v) is 7.07. The minimum atomic E-state index is -0.759. The fraction of sp³-hybridized carbons (Fsp3) is 0.391. The van der Waals surface area contributed by atoms with E-state index in [4.69, 9.17) is 27.1 Å². The Bertz CT molecular complexity index is 1390. The van der Waals surface area contributed by atoms with Gasteiger partial charge in [0.1, 0.15) is 17.6 Å². The van der Waals surface area contributed by atoms with Crippen molar-refractivity contribution in [2.75, 3.05) is 23.8 Å². The van der Waals surface area contributed by atoms with Gasteiger partial charge in [0.05, 0.1) is 29.0 Å². The van der Waals surface area contributed by atoms with Gasteiger partial charge in [0.15, 0.2) is 11.6 Å². The first-order valence-electron chi connectivity index (χ1n) is 11.3. The molecule has 3 aromatic heterocycles. The number of ether oxygens (including phenoxy) is 1. The molecule has 0 radical (unpaired) electrons. The zero-order valence-electron chi connectivity index (χ0n) is 18.8. The lowest BCUT2D eigenvalue weighted by Gasteiger charge is -2.31. The summed E-state index contributed by atoms with van der Waals surface area (Å²) in [5.74, 6) is 1.95. The molecule has 4 heterocycles. The number of halogens is 1. The zero-order valence-corrected chi connectivity index (χ0v) is 19.5. The van der Waals surface area contributed by atoms with Crippen LogP contribution in [-0.4, -0.2) is 55.7 Å². The SMILES string of the molecule is CNc1cc(Cl)cc2c1[nH]c1nc(Oc3cnc(C(C)O)nc3)nc(N3CC4CC3CC4N)c12. The number of hydrogen-bond acceptors (Lipinski definition) is 9. The van der Waals surface area contributed by atoms with Gasteiger partial charge in [0.25, 0.3) is 0 Å². The second kappa shape index (κ2) is 7.93. The average Bonchev–Trinajstić information content (AvgIpc) is 3.50. The monoisotopic (exact) mass is 480 g/mol. The molecular formula is C23H25ClN8O2. The molecular weight excluding hydrogens is 456 g/mol. The minimum absolute atomic E-state index is 0.187. The van der Waals surface area contributed by atoms with Crippen LogP contribution in [0.1, 0.15) is 31.7 Å². The lowest BCUT2D eigenvalue weighted by Crippen LogP contribution is -2.41. The number of H-pyrrole nitrogens is 1. The van der Waals surface area contributed by atoms with E-state index in [1.165, 1.54) is 12.4 Å². The van der Waals surface area contributed by atoms with Crippen LogP contribution in [-0.2, 0) is 0 Å². The summed E-state index contributed by atoms with van der Waals surface area (Å²) in [6.07, 6.45) is 4.24. The first-order valence-corrected chi connectivity index (χ1v) is 11.7. The van der Waals surface area contributed by atoms with Crippen LogP contribution in [0.15, 0.2) is 24.5 Å². The van der Waals surface area contributed by atoms with E-state index in [0.29, 0.717) is 34.2 Å². The zero-order chi connectivity index (χ0) is 23.6. The predicted octanol–water partition coefficient (Wildman–Crippen LogP) is 3.37. The molecule has 5 N–H and O–H groups in total. The van der Waals surface area contributed by atoms with Crippen LogP contribution in [0, 0.1) is 5.92 Å². The van der Waals surface area contributed by atoms with Gasteiger partial charge in [-0.05, 0) is 37.8 Å². The summed E-state index contributed by atoms with van der Waals surface area (Å²) in [5, 5.41) is 15.3. The first kappa shape index (κ1) is 21.3. The Kier molecular flexibility index (Phi) is 4.98. The molecule has 2 fully saturated rings. The maximum absolute atomic E-state index is 9.66. The molecule has 2 bridgehead atoms. The summed E-state index contributed by atoms with van der Waals surface area (Å²) >= 11 is 6.45. The molecule has 10 nitrogen and oxygen atoms in total. The van der Waals surface area contributed by atoms with Gasteiger partial charge in [-0.2, -0.15) is 9.97 Å². The fourth-order valence-corrected chi connectivity index (χ4v) is 5.45. The normalized spacial score (nSPS) is 22.6. The highest BCUT2D eigenvalue weighted by molar-refractivity contribution is 6.32. The summed E-state index contributed by atoms with van der Waals surface area (Å²) in [6, 6.07) is 4.56. The van der Waals surface area contributed by atoms with E-state index in [1.807, 2.05) is 19.2 Å². The fourth-order valence-electron chi connectivity index (χ4n) is 5.23. The number of fused-ring (bicyclic) bond motifs is 5. The van der Waals surface area contributed by atoms with Crippen LogP contribution in [0.3, 0.4) is 0 Å². The second-order valence-corrected chi connectivity index (χ2v) is 9.50. The third-order valence-electron chi connectivity index (χ3n) is 6.85. The van der Waals surface area contributed by atoms with E-state index in [2.05, 4.69) is 30.2 Å². The Balaban J connectivity index is 1.50. The second-order valence-electron chi connectivity index (χ2n) is 9.06. The topological polar surface area (TPSA) is 138 Å². The highest BCUT2D eigenvalue weighted by Crippen LogP contribution is 2.44. The largest absolute Gasteiger partial charge is 0.421 e. The summed E-state index contributed by atoms with van der Waals surface area (Å²) < 4.78 is 5.96. The van der Waals surface area contributed by atoms with Crippen LogP contribution in [0.4, 0.5) is 11.5 Å². The molecule has 11 heteroatoms. The third kappa shape index (κ3) is 3.41. The number of nitrogens with two attached hydrogens (primary N) is 1. The number of aromatic amines is 1. The molecule has 4 unspecified atom stereocenters. The Hall–Kier alpha value is -3.21. The smallest absolute Gasteiger partial charge is 0.326 e. The van der Waals surface area contributed by atoms with Crippen molar-refractivity contribution in [2.45, 2.75) is 38.0 Å². The summed E-state index contributed by atoms with van der Waals surface area (Å²) in [7, 11) is 1.86. The molecule has 0 amide bonds. The number of aliphatic hydroxyl groups is 1. The molecule has 1 aliphatic heterocycles. The van der Waals surface area contributed by atoms with Gasteiger partial charge in [-0.3, -0.25) is 0 Å². The van der Waals surface area contributed by atoms with E-state index in [1.54, 1.807) is 6.92 Å². The van der Waals surface area contributed by atoms with Gasteiger partial charge >= 0.3 is 6.01 Å². The standard InChI is InChI=1S/C23H25ClN8O2/c1-10(33)20-27-7-14(8-28-20)34-23-30-21-18(15-4-12(24)5-17(26-2)19(15)29-21)22(31-23)32-9-11-3-13(32)6-16(11)25/h4-5,7-8,10-11,13,16,26,33H,3,6,9,25H2,1-2H3,(H,29,30,31). The Morgan fingerprint density at radius 3 is 2.71 bits per heavy atom. The van der Waals surface area contributed by atoms with Gasteiger partial charge in [-0.15, -0.1) is 0 Å². The summed E-state index contributed by atoms with van der Waals surface area (Å²) in [6.45, 7) is 2.45. The molecule has 2 aliphatic rings. The first-order chi connectivity index (χ1) is 16.4. The molecule has 0 spiro atoms. The van der Waals surface area contributed by atoms with Crippen molar-refractivity contribution in [3.63, 3.8) is 0 Å². The molecule has 6 rings (SSSR count). The van der Waals surface area contributed by atoms with E-state index < -0.39 is 6.10 Å². The van der Waals surface area contributed by atoms with Crippen molar-refractivity contribution in [1.82, 2.24) is 24.9 Å². The lowest BCUT2D eigenvalue weighted by atomic mass is 10.0. The number of rotatable bonds is 5. The Labute approximate surface area is 200 Å². The molecule has 1 aliphatic carbocycles. The van der Waals surface area contributed by atoms with Gasteiger partial charge in [-0.25, -0.2) is 9.97 Å². The number of hydrogen-bond donors (Lipinski definition) is 4. The quantitative estimate of drug-likeness (QED) is 0.338. The Morgan fingerprint density at radius 1 is 1.26 bits per heavy atom. The van der Waals surface area contributed by atoms with Gasteiger partial charge < -0.3 is 30.8 Å². The van der Waals surface area contributed by atoms with Crippen molar-refractivity contribution in [3.05, 3.63) is 35.4 Å². The highest BCUT2D eigenvalue weighted by atomic mass is 35.5. The average molecular weight is 481 g/mol. The van der Waals surface area contributed by atoms with E-state index in [9.17, 15) is 5.11 Å². The molecule has 4 atom stereocenters.